The number of morpholine rings is 1. The van der Waals surface area contributed by atoms with Gasteiger partial charge in [-0.15, -0.1) is 24.0 Å². The molecule has 1 fully saturated rings. The quantitative estimate of drug-likeness (QED) is 0.214. The molecule has 2 rings (SSSR count). The molecule has 1 aromatic rings. The first-order chi connectivity index (χ1) is 13.9. The molecule has 1 aliphatic heterocycles. The number of guanidine groups is 1. The molecule has 1 atom stereocenters. The summed E-state index contributed by atoms with van der Waals surface area (Å²) < 4.78 is 5.36. The van der Waals surface area contributed by atoms with Crippen molar-refractivity contribution in [2.75, 3.05) is 59.5 Å². The zero-order valence-corrected chi connectivity index (χ0v) is 20.6. The maximum atomic E-state index is 11.8. The molecule has 9 heteroatoms. The average Bonchev–Trinajstić information content (AvgIpc) is 2.72. The Balaban J connectivity index is 0.00000450. The zero-order chi connectivity index (χ0) is 21.1. The fraction of sp³-hybridized carbons (Fsp3) is 0.619. The molecule has 1 amide bonds. The minimum atomic E-state index is -0.901. The standard InChI is InChI=1S/C21H35N5O3.HI/c1-4-23-20(25-15-21(2,28)16-26-10-12-29-13-11-26)24-9-8-17-6-5-7-18(14-17)19(27)22-3;/h5-7,14,28H,4,8-13,15-16H2,1-3H3,(H,22,27)(H2,23,24,25);1H. The molecule has 4 N–H and O–H groups in total. The summed E-state index contributed by atoms with van der Waals surface area (Å²) in [6.45, 7) is 9.24. The minimum absolute atomic E-state index is 0. The molecule has 1 aromatic carbocycles. The van der Waals surface area contributed by atoms with Crippen molar-refractivity contribution in [3.05, 3.63) is 35.4 Å². The smallest absolute Gasteiger partial charge is 0.251 e. The lowest BCUT2D eigenvalue weighted by Gasteiger charge is -2.33. The molecular formula is C21H36IN5O3. The van der Waals surface area contributed by atoms with E-state index in [0.29, 0.717) is 44.4 Å². The van der Waals surface area contributed by atoms with E-state index in [-0.39, 0.29) is 29.9 Å². The highest BCUT2D eigenvalue weighted by molar-refractivity contribution is 14.0. The van der Waals surface area contributed by atoms with Crippen LogP contribution in [-0.4, -0.2) is 87.0 Å². The number of nitrogens with one attached hydrogen (secondary N) is 3. The summed E-state index contributed by atoms with van der Waals surface area (Å²) in [6.07, 6.45) is 0.763. The minimum Gasteiger partial charge on any atom is -0.387 e. The van der Waals surface area contributed by atoms with E-state index in [0.717, 1.165) is 31.6 Å². The third-order valence-corrected chi connectivity index (χ3v) is 4.71. The van der Waals surface area contributed by atoms with Crippen LogP contribution in [0.4, 0.5) is 0 Å². The van der Waals surface area contributed by atoms with Crippen molar-refractivity contribution in [1.29, 1.82) is 0 Å². The number of halogens is 1. The van der Waals surface area contributed by atoms with E-state index in [9.17, 15) is 9.90 Å². The third kappa shape index (κ3) is 9.59. The Morgan fingerprint density at radius 2 is 2.03 bits per heavy atom. The summed E-state index contributed by atoms with van der Waals surface area (Å²) in [5, 5.41) is 19.9. The van der Waals surface area contributed by atoms with Gasteiger partial charge in [0.1, 0.15) is 0 Å². The van der Waals surface area contributed by atoms with Gasteiger partial charge in [-0.2, -0.15) is 0 Å². The fourth-order valence-electron chi connectivity index (χ4n) is 3.22. The Morgan fingerprint density at radius 1 is 1.30 bits per heavy atom. The molecule has 0 bridgehead atoms. The number of carbonyl (C=O) groups is 1. The van der Waals surface area contributed by atoms with Gasteiger partial charge < -0.3 is 25.8 Å². The lowest BCUT2D eigenvalue weighted by Crippen LogP contribution is -2.48. The number of benzene rings is 1. The lowest BCUT2D eigenvalue weighted by atomic mass is 10.1. The van der Waals surface area contributed by atoms with E-state index in [1.54, 1.807) is 13.1 Å². The van der Waals surface area contributed by atoms with Crippen molar-refractivity contribution in [2.45, 2.75) is 25.9 Å². The van der Waals surface area contributed by atoms with Crippen LogP contribution in [0.1, 0.15) is 29.8 Å². The molecule has 0 radical (unpaired) electrons. The number of aliphatic imine (C=N–C) groups is 1. The predicted molar refractivity (Wildman–Crippen MR) is 131 cm³/mol. The van der Waals surface area contributed by atoms with Gasteiger partial charge in [0, 0.05) is 45.3 Å². The predicted octanol–water partition coefficient (Wildman–Crippen LogP) is 0.845. The molecule has 0 aromatic heterocycles. The highest BCUT2D eigenvalue weighted by Gasteiger charge is 2.25. The lowest BCUT2D eigenvalue weighted by molar-refractivity contribution is -0.0180. The first kappa shape index (κ1) is 26.6. The molecule has 1 heterocycles. The molecule has 0 spiro atoms. The second kappa shape index (κ2) is 13.8. The van der Waals surface area contributed by atoms with Gasteiger partial charge in [0.25, 0.3) is 5.91 Å². The number of rotatable bonds is 9. The molecule has 0 aliphatic carbocycles. The van der Waals surface area contributed by atoms with Crippen LogP contribution in [0.5, 0.6) is 0 Å². The summed E-state index contributed by atoms with van der Waals surface area (Å²) in [5.41, 5.74) is 0.833. The zero-order valence-electron chi connectivity index (χ0n) is 18.2. The number of β-amino-alcohol motifs (C(OH)–C–C–N with tert-alkyl or cyclic N) is 1. The van der Waals surface area contributed by atoms with Crippen LogP contribution in [0.15, 0.2) is 29.3 Å². The first-order valence-electron chi connectivity index (χ1n) is 10.3. The summed E-state index contributed by atoms with van der Waals surface area (Å²) >= 11 is 0. The van der Waals surface area contributed by atoms with E-state index in [4.69, 9.17) is 4.74 Å². The topological polar surface area (TPSA) is 98.2 Å². The Morgan fingerprint density at radius 3 is 2.70 bits per heavy atom. The number of nitrogens with zero attached hydrogens (tertiary/aromatic N) is 2. The molecule has 8 nitrogen and oxygen atoms in total. The van der Waals surface area contributed by atoms with Crippen LogP contribution in [-0.2, 0) is 11.2 Å². The molecule has 1 saturated heterocycles. The van der Waals surface area contributed by atoms with Gasteiger partial charge in [0.15, 0.2) is 5.96 Å². The van der Waals surface area contributed by atoms with Crippen molar-refractivity contribution in [3.8, 4) is 0 Å². The monoisotopic (exact) mass is 533 g/mol. The second-order valence-corrected chi connectivity index (χ2v) is 7.54. The van der Waals surface area contributed by atoms with Crippen molar-refractivity contribution in [1.82, 2.24) is 20.9 Å². The van der Waals surface area contributed by atoms with Gasteiger partial charge in [0.2, 0.25) is 0 Å². The van der Waals surface area contributed by atoms with Crippen LogP contribution in [0.2, 0.25) is 0 Å². The number of aliphatic hydroxyl groups is 1. The molecule has 0 saturated carbocycles. The van der Waals surface area contributed by atoms with Crippen LogP contribution in [0.3, 0.4) is 0 Å². The molecule has 30 heavy (non-hydrogen) atoms. The molecular weight excluding hydrogens is 497 g/mol. The maximum absolute atomic E-state index is 11.8. The highest BCUT2D eigenvalue weighted by atomic mass is 127. The second-order valence-electron chi connectivity index (χ2n) is 7.54. The summed E-state index contributed by atoms with van der Waals surface area (Å²) in [4.78, 5) is 18.5. The van der Waals surface area contributed by atoms with Crippen LogP contribution in [0, 0.1) is 0 Å². The summed E-state index contributed by atoms with van der Waals surface area (Å²) in [6, 6.07) is 7.60. The number of ether oxygens (including phenoxy) is 1. The van der Waals surface area contributed by atoms with Gasteiger partial charge in [-0.3, -0.25) is 14.7 Å². The van der Waals surface area contributed by atoms with Gasteiger partial charge in [-0.05, 0) is 38.0 Å². The van der Waals surface area contributed by atoms with Crippen molar-refractivity contribution < 1.29 is 14.6 Å². The van der Waals surface area contributed by atoms with Crippen LogP contribution < -0.4 is 16.0 Å². The average molecular weight is 533 g/mol. The maximum Gasteiger partial charge on any atom is 0.251 e. The molecule has 170 valence electrons. The first-order valence-corrected chi connectivity index (χ1v) is 10.3. The number of amides is 1. The van der Waals surface area contributed by atoms with Crippen LogP contribution in [0.25, 0.3) is 0 Å². The van der Waals surface area contributed by atoms with Crippen molar-refractivity contribution >= 4 is 35.8 Å². The highest BCUT2D eigenvalue weighted by Crippen LogP contribution is 2.09. The normalized spacial score (nSPS) is 16.9. The largest absolute Gasteiger partial charge is 0.387 e. The molecule has 1 unspecified atom stereocenters. The summed E-state index contributed by atoms with van der Waals surface area (Å²) in [7, 11) is 1.63. The van der Waals surface area contributed by atoms with E-state index >= 15 is 0 Å². The van der Waals surface area contributed by atoms with E-state index in [1.165, 1.54) is 0 Å². The SMILES string of the molecule is CCNC(=NCC(C)(O)CN1CCOCC1)NCCc1cccc(C(=O)NC)c1.I. The number of hydrogen-bond donors (Lipinski definition) is 4. The Kier molecular flexibility index (Phi) is 12.2. The number of carbonyl (C=O) groups excluding carboxylic acids is 1. The van der Waals surface area contributed by atoms with Gasteiger partial charge >= 0.3 is 0 Å². The summed E-state index contributed by atoms with van der Waals surface area (Å²) in [5.74, 6) is 0.592. The Labute approximate surface area is 196 Å². The van der Waals surface area contributed by atoms with E-state index in [2.05, 4.69) is 25.8 Å². The van der Waals surface area contributed by atoms with Crippen molar-refractivity contribution in [2.24, 2.45) is 4.99 Å². The van der Waals surface area contributed by atoms with Gasteiger partial charge in [-0.1, -0.05) is 12.1 Å². The van der Waals surface area contributed by atoms with E-state index < -0.39 is 5.60 Å². The molecule has 1 aliphatic rings. The third-order valence-electron chi connectivity index (χ3n) is 4.71. The van der Waals surface area contributed by atoms with Crippen molar-refractivity contribution in [3.63, 3.8) is 0 Å². The number of hydrogen-bond acceptors (Lipinski definition) is 5. The Bertz CT molecular complexity index is 678. The fourth-order valence-corrected chi connectivity index (χ4v) is 3.22. The van der Waals surface area contributed by atoms with Crippen LogP contribution >= 0.6 is 24.0 Å². The van der Waals surface area contributed by atoms with Gasteiger partial charge in [0.05, 0.1) is 25.4 Å². The Hall–Kier alpha value is -1.43. The van der Waals surface area contributed by atoms with E-state index in [1.807, 2.05) is 32.0 Å². The van der Waals surface area contributed by atoms with Gasteiger partial charge in [-0.25, -0.2) is 0 Å².